The lowest BCUT2D eigenvalue weighted by Gasteiger charge is -2.11. The summed E-state index contributed by atoms with van der Waals surface area (Å²) in [5.74, 6) is -0.171. The Morgan fingerprint density at radius 3 is 2.50 bits per heavy atom. The number of carbonyl (C=O) groups excluding carboxylic acids is 1. The molecule has 2 N–H and O–H groups in total. The molecule has 4 aromatic rings. The second-order valence-electron chi connectivity index (χ2n) is 6.12. The van der Waals surface area contributed by atoms with Crippen molar-refractivity contribution in [3.05, 3.63) is 77.2 Å². The Labute approximate surface area is 164 Å². The highest BCUT2D eigenvalue weighted by Crippen LogP contribution is 2.22. The third-order valence-corrected chi connectivity index (χ3v) is 5.10. The number of amides is 1. The van der Waals surface area contributed by atoms with E-state index in [4.69, 9.17) is 0 Å². The van der Waals surface area contributed by atoms with E-state index in [-0.39, 0.29) is 11.5 Å². The molecule has 0 bridgehead atoms. The maximum atomic E-state index is 12.4. The Morgan fingerprint density at radius 1 is 1.11 bits per heavy atom. The quantitative estimate of drug-likeness (QED) is 0.402. The molecule has 140 valence electrons. The van der Waals surface area contributed by atoms with Gasteiger partial charge in [0.2, 0.25) is 5.91 Å². The molecule has 0 aliphatic heterocycles. The van der Waals surface area contributed by atoms with Crippen molar-refractivity contribution in [3.63, 3.8) is 0 Å². The number of hydrogen-bond donors (Lipinski definition) is 2. The van der Waals surface area contributed by atoms with E-state index in [1.165, 1.54) is 18.0 Å². The zero-order chi connectivity index (χ0) is 19.5. The third kappa shape index (κ3) is 3.67. The summed E-state index contributed by atoms with van der Waals surface area (Å²) in [7, 11) is 0. The Hall–Kier alpha value is -3.39. The first-order valence-electron chi connectivity index (χ1n) is 8.68. The summed E-state index contributed by atoms with van der Waals surface area (Å²) in [5.41, 5.74) is 1.69. The number of anilines is 1. The van der Waals surface area contributed by atoms with Crippen molar-refractivity contribution >= 4 is 34.4 Å². The van der Waals surface area contributed by atoms with Crippen LogP contribution in [0.25, 0.3) is 16.7 Å². The van der Waals surface area contributed by atoms with Crippen LogP contribution >= 0.6 is 11.8 Å². The Morgan fingerprint density at radius 2 is 1.79 bits per heavy atom. The van der Waals surface area contributed by atoms with Gasteiger partial charge in [-0.2, -0.15) is 5.10 Å². The first-order valence-corrected chi connectivity index (χ1v) is 9.56. The number of nitrogens with zero attached hydrogens (tertiary/aromatic N) is 3. The van der Waals surface area contributed by atoms with Gasteiger partial charge in [-0.25, -0.2) is 9.67 Å². The SMILES string of the molecule is CC(Sc1nc2c(cnn2-c2ccccc2)c(=O)[nH]1)C(=O)Nc1ccccc1. The largest absolute Gasteiger partial charge is 0.325 e. The highest BCUT2D eigenvalue weighted by Gasteiger charge is 2.18. The zero-order valence-electron chi connectivity index (χ0n) is 15.0. The standard InChI is InChI=1S/C20H17N5O2S/c1-13(18(26)22-14-8-4-2-5-9-14)28-20-23-17-16(19(27)24-20)12-21-25(17)15-10-6-3-7-11-15/h2-13H,1H3,(H,22,26)(H,23,24,27). The summed E-state index contributed by atoms with van der Waals surface area (Å²) in [6, 6.07) is 18.7. The van der Waals surface area contributed by atoms with Crippen LogP contribution in [0.1, 0.15) is 6.92 Å². The smallest absolute Gasteiger partial charge is 0.262 e. The van der Waals surface area contributed by atoms with Gasteiger partial charge in [-0.05, 0) is 31.2 Å². The molecule has 7 nitrogen and oxygen atoms in total. The maximum Gasteiger partial charge on any atom is 0.262 e. The second kappa shape index (κ2) is 7.69. The first kappa shape index (κ1) is 18.0. The minimum atomic E-state index is -0.450. The van der Waals surface area contributed by atoms with Crippen LogP contribution in [-0.4, -0.2) is 30.9 Å². The average Bonchev–Trinajstić information content (AvgIpc) is 3.14. The topological polar surface area (TPSA) is 92.7 Å². The fraction of sp³-hybridized carbons (Fsp3) is 0.100. The number of hydrogen-bond acceptors (Lipinski definition) is 5. The molecule has 0 aliphatic carbocycles. The van der Waals surface area contributed by atoms with Gasteiger partial charge in [-0.15, -0.1) is 0 Å². The number of carbonyl (C=O) groups is 1. The van der Waals surface area contributed by atoms with Crippen LogP contribution in [0.15, 0.2) is 76.8 Å². The molecular weight excluding hydrogens is 374 g/mol. The molecular formula is C20H17N5O2S. The lowest BCUT2D eigenvalue weighted by atomic mass is 10.3. The second-order valence-corrected chi connectivity index (χ2v) is 7.45. The molecule has 1 unspecified atom stereocenters. The lowest BCUT2D eigenvalue weighted by molar-refractivity contribution is -0.115. The molecule has 0 radical (unpaired) electrons. The molecule has 1 amide bonds. The van der Waals surface area contributed by atoms with Gasteiger partial charge >= 0.3 is 0 Å². The van der Waals surface area contributed by atoms with Gasteiger partial charge in [-0.1, -0.05) is 48.2 Å². The fourth-order valence-corrected chi connectivity index (χ4v) is 3.49. The van der Waals surface area contributed by atoms with Crippen molar-refractivity contribution in [2.24, 2.45) is 0 Å². The van der Waals surface area contributed by atoms with Gasteiger partial charge in [-0.3, -0.25) is 9.59 Å². The Balaban J connectivity index is 1.60. The van der Waals surface area contributed by atoms with E-state index >= 15 is 0 Å². The summed E-state index contributed by atoms with van der Waals surface area (Å²) in [6.45, 7) is 1.77. The number of aromatic amines is 1. The lowest BCUT2D eigenvalue weighted by Crippen LogP contribution is -2.23. The number of nitrogens with one attached hydrogen (secondary N) is 2. The van der Waals surface area contributed by atoms with Crippen LogP contribution in [-0.2, 0) is 4.79 Å². The Kier molecular flexibility index (Phi) is 4.94. The van der Waals surface area contributed by atoms with Crippen molar-refractivity contribution in [2.75, 3.05) is 5.32 Å². The normalized spacial score (nSPS) is 12.0. The van der Waals surface area contributed by atoms with Crippen molar-refractivity contribution in [1.29, 1.82) is 0 Å². The number of rotatable bonds is 5. The van der Waals surface area contributed by atoms with Gasteiger partial charge in [0.15, 0.2) is 10.8 Å². The molecule has 0 spiro atoms. The highest BCUT2D eigenvalue weighted by atomic mass is 32.2. The van der Waals surface area contributed by atoms with E-state index < -0.39 is 5.25 Å². The Bertz CT molecular complexity index is 1170. The number of thioether (sulfide) groups is 1. The van der Waals surface area contributed by atoms with E-state index in [1.807, 2.05) is 60.7 Å². The van der Waals surface area contributed by atoms with Crippen molar-refractivity contribution in [3.8, 4) is 5.69 Å². The van der Waals surface area contributed by atoms with E-state index in [0.717, 1.165) is 11.4 Å². The minimum Gasteiger partial charge on any atom is -0.325 e. The van der Waals surface area contributed by atoms with Crippen LogP contribution in [0.3, 0.4) is 0 Å². The first-order chi connectivity index (χ1) is 13.6. The monoisotopic (exact) mass is 391 g/mol. The van der Waals surface area contributed by atoms with E-state index in [0.29, 0.717) is 16.2 Å². The van der Waals surface area contributed by atoms with Gasteiger partial charge in [0.25, 0.3) is 5.56 Å². The number of benzene rings is 2. The molecule has 0 fully saturated rings. The number of aromatic nitrogens is 4. The highest BCUT2D eigenvalue weighted by molar-refractivity contribution is 8.00. The molecule has 0 aliphatic rings. The van der Waals surface area contributed by atoms with E-state index in [2.05, 4.69) is 20.4 Å². The molecule has 2 heterocycles. The minimum absolute atomic E-state index is 0.171. The van der Waals surface area contributed by atoms with Crippen LogP contribution in [0.2, 0.25) is 0 Å². The van der Waals surface area contributed by atoms with Crippen LogP contribution in [0.5, 0.6) is 0 Å². The molecule has 2 aromatic heterocycles. The summed E-state index contributed by atoms with van der Waals surface area (Å²) in [5, 5.41) is 7.45. The molecule has 0 saturated carbocycles. The van der Waals surface area contributed by atoms with Crippen LogP contribution < -0.4 is 10.9 Å². The predicted molar refractivity (Wildman–Crippen MR) is 110 cm³/mol. The van der Waals surface area contributed by atoms with Crippen molar-refractivity contribution in [2.45, 2.75) is 17.3 Å². The third-order valence-electron chi connectivity index (χ3n) is 4.12. The molecule has 4 rings (SSSR count). The van der Waals surface area contributed by atoms with Gasteiger partial charge < -0.3 is 10.3 Å². The van der Waals surface area contributed by atoms with E-state index in [1.54, 1.807) is 11.6 Å². The van der Waals surface area contributed by atoms with Gasteiger partial charge in [0, 0.05) is 5.69 Å². The summed E-state index contributed by atoms with van der Waals surface area (Å²) in [6.07, 6.45) is 1.49. The summed E-state index contributed by atoms with van der Waals surface area (Å²) < 4.78 is 1.61. The number of para-hydroxylation sites is 2. The molecule has 8 heteroatoms. The number of H-pyrrole nitrogens is 1. The predicted octanol–water partition coefficient (Wildman–Crippen LogP) is 3.23. The fourth-order valence-electron chi connectivity index (χ4n) is 2.70. The average molecular weight is 391 g/mol. The number of fused-ring (bicyclic) bond motifs is 1. The molecule has 28 heavy (non-hydrogen) atoms. The van der Waals surface area contributed by atoms with Crippen molar-refractivity contribution < 1.29 is 4.79 Å². The van der Waals surface area contributed by atoms with Gasteiger partial charge in [0.1, 0.15) is 5.39 Å². The van der Waals surface area contributed by atoms with Crippen LogP contribution in [0, 0.1) is 0 Å². The molecule has 1 atom stereocenters. The molecule has 0 saturated heterocycles. The maximum absolute atomic E-state index is 12.4. The summed E-state index contributed by atoms with van der Waals surface area (Å²) >= 11 is 1.19. The molecule has 2 aromatic carbocycles. The van der Waals surface area contributed by atoms with E-state index in [9.17, 15) is 9.59 Å². The van der Waals surface area contributed by atoms with Gasteiger partial charge in [0.05, 0.1) is 17.1 Å². The van der Waals surface area contributed by atoms with Crippen LogP contribution in [0.4, 0.5) is 5.69 Å². The summed E-state index contributed by atoms with van der Waals surface area (Å²) in [4.78, 5) is 32.1. The zero-order valence-corrected chi connectivity index (χ0v) is 15.8. The van der Waals surface area contributed by atoms with Crippen molar-refractivity contribution in [1.82, 2.24) is 19.7 Å².